The number of imidazole rings is 1. The third kappa shape index (κ3) is 4.92. The molecular formula is C22H24F3N3O3. The Balaban J connectivity index is 1.81. The van der Waals surface area contributed by atoms with Gasteiger partial charge in [-0.2, -0.15) is 13.2 Å². The summed E-state index contributed by atoms with van der Waals surface area (Å²) in [5.41, 5.74) is 0.310. The fourth-order valence-electron chi connectivity index (χ4n) is 3.36. The highest BCUT2D eigenvalue weighted by atomic mass is 19.4. The van der Waals surface area contributed by atoms with E-state index in [1.54, 1.807) is 16.7 Å². The van der Waals surface area contributed by atoms with Crippen LogP contribution in [0.3, 0.4) is 0 Å². The Morgan fingerprint density at radius 3 is 2.35 bits per heavy atom. The van der Waals surface area contributed by atoms with Crippen molar-refractivity contribution in [2.45, 2.75) is 46.0 Å². The first-order chi connectivity index (χ1) is 14.8. The van der Waals surface area contributed by atoms with Crippen LogP contribution in [0.4, 0.5) is 18.9 Å². The third-order valence-corrected chi connectivity index (χ3v) is 4.85. The number of aryl methyl sites for hydroxylation is 2. The number of carbonyl (C=O) groups is 1. The molecule has 0 fully saturated rings. The van der Waals surface area contributed by atoms with E-state index in [2.05, 4.69) is 5.32 Å². The van der Waals surface area contributed by atoms with E-state index in [1.165, 1.54) is 10.6 Å². The summed E-state index contributed by atoms with van der Waals surface area (Å²) in [5.74, 6) is -0.344. The summed E-state index contributed by atoms with van der Waals surface area (Å²) >= 11 is 0. The maximum absolute atomic E-state index is 13.1. The van der Waals surface area contributed by atoms with Crippen LogP contribution in [0.1, 0.15) is 32.3 Å². The van der Waals surface area contributed by atoms with Gasteiger partial charge in [0.15, 0.2) is 0 Å². The second-order valence-corrected chi connectivity index (χ2v) is 7.02. The van der Waals surface area contributed by atoms with Gasteiger partial charge in [0.05, 0.1) is 28.9 Å². The van der Waals surface area contributed by atoms with E-state index in [-0.39, 0.29) is 30.1 Å². The molecule has 1 aromatic heterocycles. The molecule has 3 rings (SSSR count). The zero-order chi connectivity index (χ0) is 22.6. The second kappa shape index (κ2) is 9.28. The van der Waals surface area contributed by atoms with Crippen molar-refractivity contribution >= 4 is 22.6 Å². The molecule has 0 bridgehead atoms. The molecule has 0 aliphatic heterocycles. The highest BCUT2D eigenvalue weighted by Crippen LogP contribution is 2.35. The van der Waals surface area contributed by atoms with Gasteiger partial charge in [0.2, 0.25) is 5.91 Å². The van der Waals surface area contributed by atoms with Crippen molar-refractivity contribution in [3.05, 3.63) is 58.5 Å². The number of para-hydroxylation sites is 2. The molecule has 0 aliphatic carbocycles. The second-order valence-electron chi connectivity index (χ2n) is 7.02. The van der Waals surface area contributed by atoms with Gasteiger partial charge in [-0.25, -0.2) is 4.79 Å². The molecule has 31 heavy (non-hydrogen) atoms. The minimum absolute atomic E-state index is 0.0448. The maximum atomic E-state index is 13.1. The summed E-state index contributed by atoms with van der Waals surface area (Å²) < 4.78 is 47.9. The molecule has 0 unspecified atom stereocenters. The topological polar surface area (TPSA) is 65.3 Å². The Morgan fingerprint density at radius 2 is 1.74 bits per heavy atom. The van der Waals surface area contributed by atoms with Crippen LogP contribution in [0.2, 0.25) is 0 Å². The number of carbonyl (C=O) groups excluding carboxylic acids is 1. The first kappa shape index (κ1) is 22.5. The average Bonchev–Trinajstić information content (AvgIpc) is 3.01. The van der Waals surface area contributed by atoms with Gasteiger partial charge in [-0.15, -0.1) is 0 Å². The lowest BCUT2D eigenvalue weighted by Crippen LogP contribution is -2.25. The summed E-state index contributed by atoms with van der Waals surface area (Å²) in [6.45, 7) is 4.62. The molecule has 9 heteroatoms. The molecule has 0 saturated heterocycles. The standard InChI is InChI=1S/C22H24F3N3O3/c1-3-13-31-19-10-9-15(22(23,24)25)14-16(19)26-20(29)11-12-28-18-8-6-5-7-17(18)27(4-2)21(28)30/h5-10,14H,3-4,11-13H2,1-2H3,(H,26,29). The van der Waals surface area contributed by atoms with Crippen LogP contribution in [0.5, 0.6) is 5.75 Å². The largest absolute Gasteiger partial charge is 0.491 e. The molecule has 1 N–H and O–H groups in total. The maximum Gasteiger partial charge on any atom is 0.416 e. The number of hydrogen-bond acceptors (Lipinski definition) is 3. The summed E-state index contributed by atoms with van der Waals surface area (Å²) in [4.78, 5) is 25.2. The van der Waals surface area contributed by atoms with E-state index in [9.17, 15) is 22.8 Å². The number of aromatic nitrogens is 2. The van der Waals surface area contributed by atoms with Gasteiger partial charge in [0, 0.05) is 19.5 Å². The molecule has 2 aromatic carbocycles. The van der Waals surface area contributed by atoms with Gasteiger partial charge in [-0.3, -0.25) is 13.9 Å². The van der Waals surface area contributed by atoms with Gasteiger partial charge in [-0.1, -0.05) is 19.1 Å². The fraction of sp³-hybridized carbons (Fsp3) is 0.364. The van der Waals surface area contributed by atoms with Crippen LogP contribution >= 0.6 is 0 Å². The van der Waals surface area contributed by atoms with Crippen LogP contribution in [0.15, 0.2) is 47.3 Å². The minimum Gasteiger partial charge on any atom is -0.491 e. The van der Waals surface area contributed by atoms with E-state index < -0.39 is 17.6 Å². The normalized spacial score (nSPS) is 11.6. The Labute approximate surface area is 177 Å². The van der Waals surface area contributed by atoms with Crippen LogP contribution < -0.4 is 15.7 Å². The number of alkyl halides is 3. The number of rotatable bonds is 8. The summed E-state index contributed by atoms with van der Waals surface area (Å²) in [6.07, 6.45) is -3.96. The highest BCUT2D eigenvalue weighted by Gasteiger charge is 2.31. The van der Waals surface area contributed by atoms with E-state index in [0.717, 1.165) is 17.6 Å². The van der Waals surface area contributed by atoms with Gasteiger partial charge < -0.3 is 10.1 Å². The number of amides is 1. The summed E-state index contributed by atoms with van der Waals surface area (Å²) in [5, 5.41) is 2.50. The number of hydrogen-bond donors (Lipinski definition) is 1. The molecule has 6 nitrogen and oxygen atoms in total. The van der Waals surface area contributed by atoms with Crippen molar-refractivity contribution < 1.29 is 22.7 Å². The first-order valence-corrected chi connectivity index (χ1v) is 10.1. The van der Waals surface area contributed by atoms with Crippen LogP contribution in [0.25, 0.3) is 11.0 Å². The smallest absolute Gasteiger partial charge is 0.416 e. The zero-order valence-electron chi connectivity index (χ0n) is 17.3. The molecule has 0 spiro atoms. The van der Waals surface area contributed by atoms with Crippen molar-refractivity contribution in [3.63, 3.8) is 0 Å². The van der Waals surface area contributed by atoms with Crippen molar-refractivity contribution in [3.8, 4) is 5.75 Å². The molecule has 0 saturated carbocycles. The van der Waals surface area contributed by atoms with E-state index in [0.29, 0.717) is 25.1 Å². The molecule has 1 amide bonds. The Bertz CT molecular complexity index is 1130. The van der Waals surface area contributed by atoms with E-state index >= 15 is 0 Å². The van der Waals surface area contributed by atoms with Gasteiger partial charge in [-0.05, 0) is 43.7 Å². The SMILES string of the molecule is CCCOc1ccc(C(F)(F)F)cc1NC(=O)CCn1c(=O)n(CC)c2ccccc21. The predicted molar refractivity (Wildman–Crippen MR) is 112 cm³/mol. The van der Waals surface area contributed by atoms with Crippen molar-refractivity contribution in [1.82, 2.24) is 9.13 Å². The van der Waals surface area contributed by atoms with Crippen molar-refractivity contribution in [2.24, 2.45) is 0 Å². The first-order valence-electron chi connectivity index (χ1n) is 10.1. The number of benzene rings is 2. The quantitative estimate of drug-likeness (QED) is 0.560. The number of halogens is 3. The number of nitrogens with one attached hydrogen (secondary N) is 1. The average molecular weight is 435 g/mol. The Kier molecular flexibility index (Phi) is 6.72. The van der Waals surface area contributed by atoms with E-state index in [4.69, 9.17) is 4.74 Å². The molecule has 166 valence electrons. The molecule has 1 heterocycles. The molecule has 0 aliphatic rings. The van der Waals surface area contributed by atoms with Crippen LogP contribution in [-0.2, 0) is 24.1 Å². The monoisotopic (exact) mass is 435 g/mol. The van der Waals surface area contributed by atoms with E-state index in [1.807, 2.05) is 26.0 Å². The van der Waals surface area contributed by atoms with Gasteiger partial charge in [0.1, 0.15) is 5.75 Å². The predicted octanol–water partition coefficient (Wildman–Crippen LogP) is 4.66. The lowest BCUT2D eigenvalue weighted by Gasteiger charge is -2.15. The number of ether oxygens (including phenoxy) is 1. The molecule has 3 aromatic rings. The highest BCUT2D eigenvalue weighted by molar-refractivity contribution is 5.92. The number of fused-ring (bicyclic) bond motifs is 1. The van der Waals surface area contributed by atoms with Crippen LogP contribution in [-0.4, -0.2) is 21.6 Å². The summed E-state index contributed by atoms with van der Waals surface area (Å²) in [7, 11) is 0. The molecule has 0 radical (unpaired) electrons. The third-order valence-electron chi connectivity index (χ3n) is 4.85. The lowest BCUT2D eigenvalue weighted by molar-refractivity contribution is -0.137. The fourth-order valence-corrected chi connectivity index (χ4v) is 3.36. The van der Waals surface area contributed by atoms with Gasteiger partial charge >= 0.3 is 11.9 Å². The molecule has 0 atom stereocenters. The van der Waals surface area contributed by atoms with Crippen molar-refractivity contribution in [2.75, 3.05) is 11.9 Å². The zero-order valence-corrected chi connectivity index (χ0v) is 17.3. The number of nitrogens with zero attached hydrogens (tertiary/aromatic N) is 2. The van der Waals surface area contributed by atoms with Gasteiger partial charge in [0.25, 0.3) is 0 Å². The Morgan fingerprint density at radius 1 is 1.06 bits per heavy atom. The molecular weight excluding hydrogens is 411 g/mol. The van der Waals surface area contributed by atoms with Crippen LogP contribution in [0, 0.1) is 0 Å². The van der Waals surface area contributed by atoms with Crippen molar-refractivity contribution in [1.29, 1.82) is 0 Å². The summed E-state index contributed by atoms with van der Waals surface area (Å²) in [6, 6.07) is 10.2. The number of anilines is 1. The lowest BCUT2D eigenvalue weighted by atomic mass is 10.1. The Hall–Kier alpha value is -3.23. The minimum atomic E-state index is -4.54.